The Morgan fingerprint density at radius 1 is 0.899 bits per heavy atom. The lowest BCUT2D eigenvalue weighted by atomic mass is 10.0. The highest BCUT2D eigenvalue weighted by Gasteiger charge is 2.42. The molecule has 0 radical (unpaired) electrons. The van der Waals surface area contributed by atoms with Gasteiger partial charge in [0.1, 0.15) is 23.8 Å². The molecule has 1 unspecified atom stereocenters. The molecular weight excluding hydrogens is 1030 g/mol. The van der Waals surface area contributed by atoms with Gasteiger partial charge in [0.2, 0.25) is 5.91 Å². The summed E-state index contributed by atoms with van der Waals surface area (Å²) in [7, 11) is 1.66. The van der Waals surface area contributed by atoms with Crippen molar-refractivity contribution in [2.75, 3.05) is 70.5 Å². The molecule has 2 aromatic heterocycles. The maximum absolute atomic E-state index is 12.2. The molecule has 4 N–H and O–H groups in total. The van der Waals surface area contributed by atoms with Gasteiger partial charge in [-0.1, -0.05) is 61.7 Å². The Balaban J connectivity index is 0.694. The molecule has 4 heterocycles. The third kappa shape index (κ3) is 14.4. The number of ether oxygens (including phenoxy) is 5. The lowest BCUT2D eigenvalue weighted by Gasteiger charge is -2.28. The number of aromatic nitrogens is 4. The molecule has 2 fully saturated rings. The van der Waals surface area contributed by atoms with E-state index < -0.39 is 6.10 Å². The van der Waals surface area contributed by atoms with Gasteiger partial charge in [0, 0.05) is 79.6 Å². The standard InChI is InChI=1S/C50H60Br2N8O8S/c1-64-41-6-4-5-38(27-41)58(30-39(61)31-60-45-15-11-35(51)25-42(45)43-26-36(52)12-16-46(43)60)28-34-9-13-40(14-10-34)68-32-37-29-59(57-56-37)18-20-66-22-24-67-23-21-65-19-17-53-48(62)8-3-2-7-47-49-44(33-69-47)54-50(63)55-49/h4-6,9-16,25-27,29,39,44,47,49,61H,2-3,7-8,17-24,28,30-33H2,1H3,(H,53,62)(H2,54,55,63)/t39?,44-,47-,49-/m0/s1. The predicted molar refractivity (Wildman–Crippen MR) is 275 cm³/mol. The third-order valence-corrected chi connectivity index (χ3v) is 14.7. The Bertz CT molecular complexity index is 2560. The van der Waals surface area contributed by atoms with Crippen LogP contribution in [0.4, 0.5) is 10.5 Å². The van der Waals surface area contributed by atoms with E-state index >= 15 is 0 Å². The van der Waals surface area contributed by atoms with Crippen LogP contribution in [0.15, 0.2) is 100 Å². The molecule has 3 amide bonds. The number of amides is 3. The van der Waals surface area contributed by atoms with Crippen LogP contribution in [0.25, 0.3) is 21.8 Å². The van der Waals surface area contributed by atoms with Gasteiger partial charge in [-0.2, -0.15) is 11.8 Å². The second-order valence-corrected chi connectivity index (χ2v) is 20.2. The number of halogens is 2. The quantitative estimate of drug-likeness (QED) is 0.0283. The monoisotopic (exact) mass is 1090 g/mol. The van der Waals surface area contributed by atoms with Crippen molar-refractivity contribution < 1.29 is 38.4 Å². The Morgan fingerprint density at radius 2 is 1.62 bits per heavy atom. The lowest BCUT2D eigenvalue weighted by Crippen LogP contribution is -2.36. The van der Waals surface area contributed by atoms with Gasteiger partial charge < -0.3 is 54.2 Å². The zero-order valence-corrected chi connectivity index (χ0v) is 42.7. The van der Waals surface area contributed by atoms with Crippen molar-refractivity contribution in [1.82, 2.24) is 35.5 Å². The van der Waals surface area contributed by atoms with Crippen LogP contribution in [0.3, 0.4) is 0 Å². The molecule has 0 saturated carbocycles. The summed E-state index contributed by atoms with van der Waals surface area (Å²) in [5, 5.41) is 31.8. The molecule has 16 nitrogen and oxygen atoms in total. The first-order chi connectivity index (χ1) is 33.7. The number of rotatable bonds is 28. The van der Waals surface area contributed by atoms with Crippen molar-refractivity contribution in [3.8, 4) is 11.5 Å². The van der Waals surface area contributed by atoms with Gasteiger partial charge in [0.25, 0.3) is 0 Å². The number of carbonyl (C=O) groups is 2. The molecule has 19 heteroatoms. The molecule has 0 bridgehead atoms. The summed E-state index contributed by atoms with van der Waals surface area (Å²) in [5.41, 5.74) is 4.84. The van der Waals surface area contributed by atoms with Gasteiger partial charge in [0.15, 0.2) is 0 Å². The van der Waals surface area contributed by atoms with E-state index in [-0.39, 0.29) is 30.6 Å². The van der Waals surface area contributed by atoms with E-state index in [2.05, 4.69) is 91.9 Å². The maximum atomic E-state index is 12.2. The topological polar surface area (TPSA) is 175 Å². The van der Waals surface area contributed by atoms with Crippen LogP contribution in [-0.4, -0.2) is 126 Å². The molecule has 4 aromatic carbocycles. The van der Waals surface area contributed by atoms with Crippen molar-refractivity contribution >= 4 is 83.1 Å². The fourth-order valence-corrected chi connectivity index (χ4v) is 11.0. The normalized spacial score (nSPS) is 16.9. The number of hydrogen-bond donors (Lipinski definition) is 4. The van der Waals surface area contributed by atoms with Crippen LogP contribution in [-0.2, 0) is 45.2 Å². The second kappa shape index (κ2) is 25.3. The van der Waals surface area contributed by atoms with Crippen molar-refractivity contribution in [1.29, 1.82) is 0 Å². The zero-order valence-electron chi connectivity index (χ0n) is 38.7. The summed E-state index contributed by atoms with van der Waals surface area (Å²) >= 11 is 9.17. The van der Waals surface area contributed by atoms with Crippen LogP contribution < -0.4 is 30.3 Å². The highest BCUT2D eigenvalue weighted by Crippen LogP contribution is 2.35. The second-order valence-electron chi connectivity index (χ2n) is 17.1. The van der Waals surface area contributed by atoms with Crippen molar-refractivity contribution in [3.05, 3.63) is 111 Å². The van der Waals surface area contributed by atoms with Crippen LogP contribution in [0.1, 0.15) is 36.9 Å². The number of thioether (sulfide) groups is 1. The van der Waals surface area contributed by atoms with E-state index in [4.69, 9.17) is 23.7 Å². The van der Waals surface area contributed by atoms with Crippen LogP contribution in [0, 0.1) is 0 Å². The van der Waals surface area contributed by atoms with Gasteiger partial charge in [0.05, 0.1) is 84.2 Å². The SMILES string of the molecule is COc1cccc(N(Cc2ccc(OCc3cn(CCOCCOCCOCCNC(=O)CCCC[C@@H]4SC[C@@H]5NC(=O)N[C@@H]54)nn3)cc2)CC(O)Cn2c3ccc(Br)cc3c3cc(Br)ccc32)c1. The van der Waals surface area contributed by atoms with E-state index in [1.807, 2.05) is 78.6 Å². The molecule has 69 heavy (non-hydrogen) atoms. The van der Waals surface area contributed by atoms with Gasteiger partial charge in [-0.25, -0.2) is 9.48 Å². The molecule has 2 saturated heterocycles. The lowest BCUT2D eigenvalue weighted by molar-refractivity contribution is -0.121. The molecule has 4 atom stereocenters. The fourth-order valence-electron chi connectivity index (χ4n) is 8.74. The predicted octanol–water partition coefficient (Wildman–Crippen LogP) is 7.46. The van der Waals surface area contributed by atoms with Crippen molar-refractivity contribution in [2.24, 2.45) is 0 Å². The first-order valence-electron chi connectivity index (χ1n) is 23.4. The maximum Gasteiger partial charge on any atom is 0.315 e. The van der Waals surface area contributed by atoms with Crippen molar-refractivity contribution in [2.45, 2.75) is 75.4 Å². The number of urea groups is 1. The number of unbranched alkanes of at least 4 members (excludes halogenated alkanes) is 1. The van der Waals surface area contributed by atoms with Crippen LogP contribution in [0.5, 0.6) is 11.5 Å². The Morgan fingerprint density at radius 3 is 2.36 bits per heavy atom. The van der Waals surface area contributed by atoms with E-state index in [1.165, 1.54) is 0 Å². The number of nitrogens with one attached hydrogen (secondary N) is 3. The van der Waals surface area contributed by atoms with Crippen LogP contribution >= 0.6 is 43.6 Å². The summed E-state index contributed by atoms with van der Waals surface area (Å²) in [6, 6.07) is 28.8. The number of fused-ring (bicyclic) bond motifs is 4. The number of hydrogen-bond acceptors (Lipinski definition) is 12. The Labute approximate surface area is 423 Å². The molecule has 8 rings (SSSR count). The fraction of sp³-hybridized carbons (Fsp3) is 0.440. The average Bonchev–Trinajstić information content (AvgIpc) is 4.13. The number of aliphatic hydroxyl groups excluding tert-OH is 1. The highest BCUT2D eigenvalue weighted by atomic mass is 79.9. The Kier molecular flexibility index (Phi) is 18.5. The molecule has 0 spiro atoms. The van der Waals surface area contributed by atoms with Crippen molar-refractivity contribution in [3.63, 3.8) is 0 Å². The number of benzene rings is 4. The summed E-state index contributed by atoms with van der Waals surface area (Å²) in [5.74, 6) is 2.44. The minimum Gasteiger partial charge on any atom is -0.497 e. The molecule has 2 aliphatic heterocycles. The number of methoxy groups -OCH3 is 1. The van der Waals surface area contributed by atoms with E-state index in [9.17, 15) is 14.7 Å². The third-order valence-electron chi connectivity index (χ3n) is 12.2. The number of aliphatic hydroxyl groups is 1. The molecular formula is C50H60Br2N8O8S. The minimum absolute atomic E-state index is 0.0349. The van der Waals surface area contributed by atoms with Gasteiger partial charge in [-0.15, -0.1) is 5.10 Å². The summed E-state index contributed by atoms with van der Waals surface area (Å²) < 4.78 is 34.5. The first kappa shape index (κ1) is 50.5. The number of nitrogens with zero attached hydrogens (tertiary/aromatic N) is 5. The molecule has 368 valence electrons. The molecule has 6 aromatic rings. The van der Waals surface area contributed by atoms with Gasteiger partial charge in [-0.05, 0) is 79.1 Å². The smallest absolute Gasteiger partial charge is 0.315 e. The molecule has 2 aliphatic rings. The highest BCUT2D eigenvalue weighted by molar-refractivity contribution is 9.10. The largest absolute Gasteiger partial charge is 0.497 e. The van der Waals surface area contributed by atoms with Crippen LogP contribution in [0.2, 0.25) is 0 Å². The molecule has 0 aliphatic carbocycles. The van der Waals surface area contributed by atoms with E-state index in [0.717, 1.165) is 72.8 Å². The number of anilines is 1. The first-order valence-corrected chi connectivity index (χ1v) is 26.1. The summed E-state index contributed by atoms with van der Waals surface area (Å²) in [4.78, 5) is 25.9. The van der Waals surface area contributed by atoms with Gasteiger partial charge >= 0.3 is 6.03 Å². The van der Waals surface area contributed by atoms with Gasteiger partial charge in [-0.3, -0.25) is 4.79 Å². The minimum atomic E-state index is -0.685. The summed E-state index contributed by atoms with van der Waals surface area (Å²) in [6.45, 7) is 5.30. The van der Waals surface area contributed by atoms with E-state index in [1.54, 1.807) is 11.8 Å². The summed E-state index contributed by atoms with van der Waals surface area (Å²) in [6.07, 6.45) is 4.46. The van der Waals surface area contributed by atoms with E-state index in [0.29, 0.717) is 95.5 Å². The zero-order chi connectivity index (χ0) is 48.0. The average molecular weight is 1090 g/mol. The Hall–Kier alpha value is -4.89. The number of carbonyl (C=O) groups excluding carboxylic acids is 2.